The van der Waals surface area contributed by atoms with Crippen LogP contribution in [0.5, 0.6) is 0 Å². The van der Waals surface area contributed by atoms with E-state index in [0.29, 0.717) is 24.2 Å². The van der Waals surface area contributed by atoms with Crippen molar-refractivity contribution in [1.82, 2.24) is 19.7 Å². The first-order chi connectivity index (χ1) is 12.8. The number of ketones is 1. The Hall–Kier alpha value is -2.89. The van der Waals surface area contributed by atoms with Gasteiger partial charge < -0.3 is 9.88 Å². The molecule has 140 valence electrons. The van der Waals surface area contributed by atoms with Crippen molar-refractivity contribution in [1.29, 1.82) is 0 Å². The lowest BCUT2D eigenvalue weighted by Gasteiger charge is -2.18. The van der Waals surface area contributed by atoms with Gasteiger partial charge in [0.1, 0.15) is 5.69 Å². The highest BCUT2D eigenvalue weighted by molar-refractivity contribution is 6.03. The number of hydrogen-bond donors (Lipinski definition) is 1. The third-order valence-corrected chi connectivity index (χ3v) is 4.99. The fraction of sp³-hybridized carbons (Fsp3) is 0.381. The molecule has 3 heterocycles. The summed E-state index contributed by atoms with van der Waals surface area (Å²) in [7, 11) is 0. The molecular formula is C21H24N4O2. The molecule has 6 nitrogen and oxygen atoms in total. The number of nitrogens with zero attached hydrogens (tertiary/aromatic N) is 3. The van der Waals surface area contributed by atoms with Gasteiger partial charge in [0, 0.05) is 42.2 Å². The van der Waals surface area contributed by atoms with Crippen molar-refractivity contribution in [3.63, 3.8) is 0 Å². The number of carbonyl (C=O) groups is 2. The van der Waals surface area contributed by atoms with Gasteiger partial charge in [-0.2, -0.15) is 5.10 Å². The van der Waals surface area contributed by atoms with Crippen LogP contribution in [-0.2, 0) is 18.5 Å². The van der Waals surface area contributed by atoms with Crippen LogP contribution in [-0.4, -0.2) is 32.6 Å². The Bertz CT molecular complexity index is 1040. The number of carbonyl (C=O) groups excluding carboxylic acids is 2. The molecule has 0 radical (unpaired) electrons. The lowest BCUT2D eigenvalue weighted by molar-refractivity contribution is 0.0950. The topological polar surface area (TPSA) is 68.9 Å². The summed E-state index contributed by atoms with van der Waals surface area (Å²) in [6.45, 7) is 7.68. The van der Waals surface area contributed by atoms with E-state index in [1.54, 1.807) is 6.20 Å². The van der Waals surface area contributed by atoms with Crippen molar-refractivity contribution in [2.24, 2.45) is 0 Å². The Balaban J connectivity index is 1.63. The molecule has 1 aromatic carbocycles. The largest absolute Gasteiger partial charge is 0.351 e. The van der Waals surface area contributed by atoms with Crippen molar-refractivity contribution in [2.45, 2.75) is 45.7 Å². The molecule has 0 spiro atoms. The Morgan fingerprint density at radius 1 is 1.26 bits per heavy atom. The summed E-state index contributed by atoms with van der Waals surface area (Å²) in [4.78, 5) is 25.0. The van der Waals surface area contributed by atoms with E-state index in [1.807, 2.05) is 39.7 Å². The number of nitrogens with one attached hydrogen (secondary N) is 1. The van der Waals surface area contributed by atoms with Gasteiger partial charge in [0.05, 0.1) is 11.7 Å². The predicted molar refractivity (Wildman–Crippen MR) is 104 cm³/mol. The van der Waals surface area contributed by atoms with E-state index in [1.165, 1.54) is 0 Å². The van der Waals surface area contributed by atoms with Crippen LogP contribution in [0.25, 0.3) is 10.9 Å². The number of fused-ring (bicyclic) bond motifs is 3. The molecule has 27 heavy (non-hydrogen) atoms. The highest BCUT2D eigenvalue weighted by Gasteiger charge is 2.20. The molecule has 0 atom stereocenters. The molecule has 1 N–H and O–H groups in total. The van der Waals surface area contributed by atoms with Crippen LogP contribution >= 0.6 is 0 Å². The monoisotopic (exact) mass is 364 g/mol. The zero-order valence-electron chi connectivity index (χ0n) is 16.0. The second-order valence-corrected chi connectivity index (χ2v) is 8.13. The molecule has 0 fully saturated rings. The van der Waals surface area contributed by atoms with Crippen LogP contribution in [0.2, 0.25) is 0 Å². The molecular weight excluding hydrogens is 340 g/mol. The quantitative estimate of drug-likeness (QED) is 0.726. The van der Waals surface area contributed by atoms with Gasteiger partial charge in [-0.1, -0.05) is 12.1 Å². The second kappa shape index (κ2) is 6.37. The zero-order valence-corrected chi connectivity index (χ0v) is 16.0. The predicted octanol–water partition coefficient (Wildman–Crippen LogP) is 3.15. The fourth-order valence-corrected chi connectivity index (χ4v) is 3.49. The van der Waals surface area contributed by atoms with Gasteiger partial charge >= 0.3 is 0 Å². The number of aryl methyl sites for hydroxylation is 1. The lowest BCUT2D eigenvalue weighted by Crippen LogP contribution is -2.22. The first-order valence-electron chi connectivity index (χ1n) is 9.32. The van der Waals surface area contributed by atoms with E-state index >= 15 is 0 Å². The first kappa shape index (κ1) is 17.5. The van der Waals surface area contributed by atoms with E-state index in [2.05, 4.69) is 31.2 Å². The highest BCUT2D eigenvalue weighted by Crippen LogP contribution is 2.24. The molecule has 2 aromatic heterocycles. The number of benzene rings is 1. The minimum Gasteiger partial charge on any atom is -0.351 e. The molecule has 1 amide bonds. The van der Waals surface area contributed by atoms with Gasteiger partial charge in [-0.25, -0.2) is 0 Å². The van der Waals surface area contributed by atoms with E-state index in [0.717, 1.165) is 29.4 Å². The van der Waals surface area contributed by atoms with Crippen LogP contribution in [0.4, 0.5) is 0 Å². The van der Waals surface area contributed by atoms with Gasteiger partial charge in [0.25, 0.3) is 5.91 Å². The molecule has 0 saturated carbocycles. The van der Waals surface area contributed by atoms with E-state index in [4.69, 9.17) is 0 Å². The summed E-state index contributed by atoms with van der Waals surface area (Å²) < 4.78 is 3.90. The zero-order chi connectivity index (χ0) is 19.2. The average Bonchev–Trinajstić information content (AvgIpc) is 3.18. The number of amides is 1. The molecule has 0 aliphatic carbocycles. The minimum absolute atomic E-state index is 0.0498. The SMILES string of the molecule is CC(C)(C)n1cc(CC(=O)c2ccc3cc4n(c3c2)CCCNC4=O)cn1. The van der Waals surface area contributed by atoms with Crippen LogP contribution in [0.3, 0.4) is 0 Å². The Labute approximate surface area is 158 Å². The fourth-order valence-electron chi connectivity index (χ4n) is 3.49. The molecule has 1 aliphatic rings. The summed E-state index contributed by atoms with van der Waals surface area (Å²) in [6.07, 6.45) is 4.89. The van der Waals surface area contributed by atoms with Crippen LogP contribution in [0.15, 0.2) is 36.7 Å². The van der Waals surface area contributed by atoms with Crippen LogP contribution in [0.1, 0.15) is 53.6 Å². The summed E-state index contributed by atoms with van der Waals surface area (Å²) in [5, 5.41) is 8.26. The Morgan fingerprint density at radius 2 is 2.07 bits per heavy atom. The van der Waals surface area contributed by atoms with Gasteiger partial charge in [-0.05, 0) is 44.9 Å². The van der Waals surface area contributed by atoms with Crippen LogP contribution in [0, 0.1) is 0 Å². The van der Waals surface area contributed by atoms with E-state index in [-0.39, 0.29) is 17.2 Å². The molecule has 4 rings (SSSR count). The van der Waals surface area contributed by atoms with Gasteiger partial charge in [0.2, 0.25) is 0 Å². The number of hydrogen-bond acceptors (Lipinski definition) is 3. The Kier molecular flexibility index (Phi) is 4.13. The average molecular weight is 364 g/mol. The van der Waals surface area contributed by atoms with Crippen molar-refractivity contribution in [3.05, 3.63) is 53.5 Å². The van der Waals surface area contributed by atoms with E-state index < -0.39 is 0 Å². The van der Waals surface area contributed by atoms with Crippen molar-refractivity contribution < 1.29 is 9.59 Å². The maximum absolute atomic E-state index is 12.8. The van der Waals surface area contributed by atoms with Crippen molar-refractivity contribution in [3.8, 4) is 0 Å². The summed E-state index contributed by atoms with van der Waals surface area (Å²) in [5.41, 5.74) is 3.07. The number of rotatable bonds is 3. The smallest absolute Gasteiger partial charge is 0.267 e. The molecule has 1 aliphatic heterocycles. The molecule has 0 saturated heterocycles. The summed E-state index contributed by atoms with van der Waals surface area (Å²) in [6, 6.07) is 7.58. The molecule has 3 aromatic rings. The maximum Gasteiger partial charge on any atom is 0.267 e. The van der Waals surface area contributed by atoms with Crippen LogP contribution < -0.4 is 5.32 Å². The summed E-state index contributed by atoms with van der Waals surface area (Å²) >= 11 is 0. The third kappa shape index (κ3) is 3.27. The lowest BCUT2D eigenvalue weighted by atomic mass is 10.0. The molecule has 6 heteroatoms. The summed E-state index contributed by atoms with van der Waals surface area (Å²) in [5.74, 6) is 0.00477. The molecule has 0 unspecified atom stereocenters. The standard InChI is InChI=1S/C21H24N4O2/c1-21(2,3)25-13-14(12-23-25)9-19(26)16-6-5-15-10-18-20(27)22-7-4-8-24(18)17(15)11-16/h5-6,10-13H,4,7-9H2,1-3H3,(H,22,27). The van der Waals surface area contributed by atoms with Gasteiger partial charge in [-0.3, -0.25) is 14.3 Å². The normalized spacial score (nSPS) is 14.7. The third-order valence-electron chi connectivity index (χ3n) is 4.99. The highest BCUT2D eigenvalue weighted by atomic mass is 16.2. The number of Topliss-reactive ketones (excluding diaryl/α,β-unsaturated/α-hetero) is 1. The first-order valence-corrected chi connectivity index (χ1v) is 9.32. The van der Waals surface area contributed by atoms with Crippen molar-refractivity contribution in [2.75, 3.05) is 6.54 Å². The molecule has 0 bridgehead atoms. The van der Waals surface area contributed by atoms with Gasteiger partial charge in [0.15, 0.2) is 5.78 Å². The van der Waals surface area contributed by atoms with E-state index in [9.17, 15) is 9.59 Å². The van der Waals surface area contributed by atoms with Crippen molar-refractivity contribution >= 4 is 22.6 Å². The Morgan fingerprint density at radius 3 is 2.81 bits per heavy atom. The number of aromatic nitrogens is 3. The maximum atomic E-state index is 12.8. The second-order valence-electron chi connectivity index (χ2n) is 8.13. The minimum atomic E-state index is -0.107. The van der Waals surface area contributed by atoms with Gasteiger partial charge in [-0.15, -0.1) is 0 Å².